The number of carbonyl (C=O) groups is 15. The molecule has 0 saturated carbocycles. The molecule has 1 aliphatic heterocycles. The molecule has 1 heterocycles. The average molecular weight is 1940 g/mol. The number of unbranched alkanes of at least 4 members (excludes halogenated alkanes) is 3. The smallest absolute Gasteiger partial charge is 0.317 e. The van der Waals surface area contributed by atoms with Gasteiger partial charge in [-0.25, -0.2) is 0 Å². The number of carbonyl (C=O) groups excluding carboxylic acids is 12. The Labute approximate surface area is 789 Å². The summed E-state index contributed by atoms with van der Waals surface area (Å²) in [5, 5.41) is 140. The van der Waals surface area contributed by atoms with Gasteiger partial charge >= 0.3 is 17.9 Å². The standard InChI is InChI=1S/C78H150N40O18/c1-47(119)106-50(18-9-29-100-73(84)85)64(130)111-54(21-12-32-103-76(90)91)68(134)110-52(67(133)113-55(22-13-33-104-77(92)93)70(136)114-56(23-14-34-105-78(94)95)69(135)112-53(20-11-31-102-75(88)89)66(132)108-48(62(79)128)16-7-27-98-71(80)81)15-4-6-26-97-63(129)49(17-8-28-99-72(82)83)109-65(131)51(19-10-30-101-74(86)87)107-57(120)24-3-2-5-25-96-58(121)43-115-35-37-116(44-59(122)123)39-41-118(46-61(126)127)42-40-117(38-36-115)45-60(124)125/h48-56H,2-46H2,1H3,(H2,79,128)(H,96,121)(H,97,129)(H,106,119)(H,107,120)(H,108,132)(H,109,131)(H,110,134)(H,111,130)(H,112,135)(H,113,133)(H,114,136)(H,122,123)(H,124,125)(H,126,127)(H4,80,81,98)(H4,82,83,99)(H4,84,85,100)(H4,86,87,101)(H4,88,89,102)(H4,90,91,103)(H4,92,93,104)(H4,94,95,105)/t48-,49-,50?,51-,52?,53-,54?,55-,56-/m0/s1. The summed E-state index contributed by atoms with van der Waals surface area (Å²) in [6.45, 7) is 1.86. The molecule has 0 bridgehead atoms. The molecule has 0 aromatic heterocycles. The summed E-state index contributed by atoms with van der Waals surface area (Å²) < 4.78 is 0. The molecule has 1 fully saturated rings. The molecule has 1 aliphatic rings. The fourth-order valence-corrected chi connectivity index (χ4v) is 13.8. The van der Waals surface area contributed by atoms with Gasteiger partial charge in [-0.1, -0.05) is 6.42 Å². The number of carboxylic acids is 3. The Morgan fingerprint density at radius 2 is 0.441 bits per heavy atom. The molecular formula is C78H150N40O18. The molecule has 770 valence electrons. The molecule has 1 rings (SSSR count). The van der Waals surface area contributed by atoms with Gasteiger partial charge in [-0.3, -0.25) is 135 Å². The molecule has 0 aromatic carbocycles. The highest BCUT2D eigenvalue weighted by Crippen LogP contribution is 2.14. The molecule has 12 amide bonds. The van der Waals surface area contributed by atoms with Crippen molar-refractivity contribution in [2.75, 3.05) is 144 Å². The molecule has 3 unspecified atom stereocenters. The molecule has 1 saturated heterocycles. The number of aliphatic carboxylic acids is 3. The summed E-state index contributed by atoms with van der Waals surface area (Å²) in [4.78, 5) is 211. The Morgan fingerprint density at radius 3 is 0.691 bits per heavy atom. The van der Waals surface area contributed by atoms with Crippen LogP contribution in [0.25, 0.3) is 0 Å². The highest BCUT2D eigenvalue weighted by molar-refractivity contribution is 5.98. The number of carboxylic acid groups (broad SMARTS) is 3. The third kappa shape index (κ3) is 61.0. The van der Waals surface area contributed by atoms with Crippen molar-refractivity contribution < 1.29 is 87.2 Å². The first-order chi connectivity index (χ1) is 64.3. The van der Waals surface area contributed by atoms with Gasteiger partial charge in [0, 0.05) is 131 Å². The van der Waals surface area contributed by atoms with Crippen molar-refractivity contribution in [1.29, 1.82) is 43.3 Å². The van der Waals surface area contributed by atoms with Crippen LogP contribution in [0.5, 0.6) is 0 Å². The summed E-state index contributed by atoms with van der Waals surface area (Å²) in [5.41, 5.74) is 49.9. The number of rotatable bonds is 69. The quantitative estimate of drug-likeness (QED) is 0.0153. The monoisotopic (exact) mass is 1940 g/mol. The fourth-order valence-electron chi connectivity index (χ4n) is 13.8. The number of nitrogens with one attached hydrogen (secondary N) is 27. The van der Waals surface area contributed by atoms with Crippen LogP contribution < -0.4 is 153 Å². The Morgan fingerprint density at radius 1 is 0.235 bits per heavy atom. The van der Waals surface area contributed by atoms with Crippen LogP contribution in [0.15, 0.2) is 0 Å². The van der Waals surface area contributed by atoms with Crippen molar-refractivity contribution in [2.45, 2.75) is 209 Å². The van der Waals surface area contributed by atoms with Gasteiger partial charge in [-0.15, -0.1) is 0 Å². The van der Waals surface area contributed by atoms with Crippen LogP contribution in [-0.2, 0) is 71.9 Å². The van der Waals surface area contributed by atoms with Gasteiger partial charge in [0.25, 0.3) is 0 Å². The summed E-state index contributed by atoms with van der Waals surface area (Å²) in [6.07, 6.45) is 0.383. The van der Waals surface area contributed by atoms with E-state index in [0.717, 1.165) is 6.92 Å². The van der Waals surface area contributed by atoms with Gasteiger partial charge in [-0.2, -0.15) is 0 Å². The highest BCUT2D eigenvalue weighted by Gasteiger charge is 2.36. The van der Waals surface area contributed by atoms with E-state index in [1.807, 2.05) is 0 Å². The van der Waals surface area contributed by atoms with Crippen molar-refractivity contribution >= 4 is 136 Å². The van der Waals surface area contributed by atoms with E-state index >= 15 is 9.59 Å². The van der Waals surface area contributed by atoms with E-state index in [1.54, 1.807) is 19.6 Å². The number of hydrogen-bond acceptors (Lipinski definition) is 27. The van der Waals surface area contributed by atoms with E-state index < -0.39 is 167 Å². The van der Waals surface area contributed by atoms with Gasteiger partial charge in [0.05, 0.1) is 26.2 Å². The summed E-state index contributed by atoms with van der Waals surface area (Å²) in [6, 6.07) is -13.0. The Bertz CT molecular complexity index is 3880. The van der Waals surface area contributed by atoms with Crippen molar-refractivity contribution in [3.63, 3.8) is 0 Å². The van der Waals surface area contributed by atoms with E-state index in [1.165, 1.54) is 0 Å². The van der Waals surface area contributed by atoms with Gasteiger partial charge in [0.15, 0.2) is 47.7 Å². The lowest BCUT2D eigenvalue weighted by Crippen LogP contribution is -2.60. The second-order valence-electron chi connectivity index (χ2n) is 32.3. The largest absolute Gasteiger partial charge is 0.480 e. The maximum absolute atomic E-state index is 15.3. The molecular weight excluding hydrogens is 1790 g/mol. The maximum Gasteiger partial charge on any atom is 0.317 e. The second-order valence-corrected chi connectivity index (χ2v) is 32.3. The summed E-state index contributed by atoms with van der Waals surface area (Å²) in [7, 11) is 0. The highest BCUT2D eigenvalue weighted by atomic mass is 16.4. The zero-order valence-electron chi connectivity index (χ0n) is 77.5. The minimum atomic E-state index is -1.66. The van der Waals surface area contributed by atoms with E-state index in [4.69, 9.17) is 94.9 Å². The fraction of sp³-hybridized carbons (Fsp3) is 0.705. The predicted molar refractivity (Wildman–Crippen MR) is 502 cm³/mol. The molecule has 9 atom stereocenters. The number of hydrogen-bond donors (Lipinski definition) is 39. The van der Waals surface area contributed by atoms with Crippen LogP contribution in [0.2, 0.25) is 0 Å². The lowest BCUT2D eigenvalue weighted by Gasteiger charge is -2.32. The third-order valence-corrected chi connectivity index (χ3v) is 20.7. The number of nitrogens with zero attached hydrogens (tertiary/aromatic N) is 4. The van der Waals surface area contributed by atoms with Crippen LogP contribution in [0.1, 0.15) is 155 Å². The van der Waals surface area contributed by atoms with E-state index in [9.17, 15) is 77.6 Å². The van der Waals surface area contributed by atoms with Gasteiger partial charge < -0.3 is 168 Å². The SMILES string of the molecule is CC(=O)NC(CCCNC(=N)N)C(=O)NC(CCCNC(=N)N)C(=O)NC(CCCCNC(=O)[C@H](CCCNC(=N)N)NC(=O)[C@H](CCCNC(=N)N)NC(=O)CCCCCNC(=O)CN1CCN(CC(=O)O)CCN(CC(=O)O)CCN(CC(=O)O)CC1)C(=O)N[C@@H](CCCNC(=N)N)C(=O)N[C@@H](CCCNC(=N)N)C(=O)N[C@@H](CCCNC(=N)N)C(=O)N[C@@H](CCCNC(=N)N)C(N)=O. The van der Waals surface area contributed by atoms with E-state index in [0.29, 0.717) is 12.8 Å². The zero-order valence-corrected chi connectivity index (χ0v) is 77.5. The minimum Gasteiger partial charge on any atom is -0.480 e. The maximum atomic E-state index is 15.3. The minimum absolute atomic E-state index is 0.00950. The van der Waals surface area contributed by atoms with E-state index in [-0.39, 0.29) is 303 Å². The van der Waals surface area contributed by atoms with Crippen molar-refractivity contribution in [3.8, 4) is 0 Å². The Hall–Kier alpha value is -13.9. The van der Waals surface area contributed by atoms with Crippen LogP contribution >= 0.6 is 0 Å². The Kier molecular flexibility index (Phi) is 61.7. The van der Waals surface area contributed by atoms with Gasteiger partial charge in [0.1, 0.15) is 54.4 Å². The molecule has 58 heteroatoms. The zero-order chi connectivity index (χ0) is 102. The molecule has 0 radical (unpaired) electrons. The summed E-state index contributed by atoms with van der Waals surface area (Å²) in [5.74, 6) is -16.4. The third-order valence-electron chi connectivity index (χ3n) is 20.7. The normalized spacial score (nSPS) is 14.5. The first-order valence-corrected chi connectivity index (χ1v) is 45.0. The van der Waals surface area contributed by atoms with E-state index in [2.05, 4.69) is 101 Å². The number of amides is 12. The number of primary amides is 1. The molecule has 0 aromatic rings. The molecule has 48 N–H and O–H groups in total. The van der Waals surface area contributed by atoms with Crippen LogP contribution in [0.4, 0.5) is 0 Å². The van der Waals surface area contributed by atoms with Crippen molar-refractivity contribution in [3.05, 3.63) is 0 Å². The van der Waals surface area contributed by atoms with Crippen LogP contribution in [0, 0.1) is 43.3 Å². The predicted octanol–water partition coefficient (Wildman–Crippen LogP) is -12.6. The molecule has 0 spiro atoms. The van der Waals surface area contributed by atoms with Crippen LogP contribution in [0.3, 0.4) is 0 Å². The van der Waals surface area contributed by atoms with Gasteiger partial charge in [-0.05, 0) is 135 Å². The molecule has 0 aliphatic carbocycles. The number of guanidine groups is 8. The average Bonchev–Trinajstić information content (AvgIpc) is 0.856. The van der Waals surface area contributed by atoms with Crippen molar-refractivity contribution in [2.24, 2.45) is 51.6 Å². The topological polar surface area (TPSA) is 983 Å². The van der Waals surface area contributed by atoms with Gasteiger partial charge in [0.2, 0.25) is 70.9 Å². The first-order valence-electron chi connectivity index (χ1n) is 45.0. The molecule has 58 nitrogen and oxygen atoms in total. The lowest BCUT2D eigenvalue weighted by atomic mass is 10.0. The second kappa shape index (κ2) is 69.8. The number of nitrogens with two attached hydrogens (primary N) is 9. The Balaban J connectivity index is 3.89. The van der Waals surface area contributed by atoms with Crippen molar-refractivity contribution in [1.82, 2.24) is 121 Å². The first kappa shape index (κ1) is 120. The summed E-state index contributed by atoms with van der Waals surface area (Å²) >= 11 is 0. The van der Waals surface area contributed by atoms with Crippen LogP contribution in [-0.4, -0.2) is 370 Å². The molecule has 136 heavy (non-hydrogen) atoms. The lowest BCUT2D eigenvalue weighted by molar-refractivity contribution is -0.140.